The number of nitrogens with zero attached hydrogens (tertiary/aromatic N) is 2. The molecule has 2 aliphatic heterocycles. The third-order valence-electron chi connectivity index (χ3n) is 12.1. The second-order valence-corrected chi connectivity index (χ2v) is 15.6. The monoisotopic (exact) mass is 780 g/mol. The molecule has 4 nitrogen and oxygen atoms in total. The van der Waals surface area contributed by atoms with Crippen LogP contribution in [0.3, 0.4) is 0 Å². The predicted octanol–water partition coefficient (Wildman–Crippen LogP) is 13.3. The average molecular weight is 781 g/mol. The van der Waals surface area contributed by atoms with E-state index in [0.717, 1.165) is 106 Å². The van der Waals surface area contributed by atoms with E-state index in [-0.39, 0.29) is 6.71 Å². The van der Waals surface area contributed by atoms with Crippen LogP contribution in [0.1, 0.15) is 0 Å². The van der Waals surface area contributed by atoms with Crippen LogP contribution in [0.5, 0.6) is 23.0 Å². The van der Waals surface area contributed by atoms with E-state index in [1.807, 2.05) is 0 Å². The molecule has 10 aromatic carbocycles. The van der Waals surface area contributed by atoms with E-state index in [0.29, 0.717) is 0 Å². The van der Waals surface area contributed by atoms with E-state index < -0.39 is 0 Å². The van der Waals surface area contributed by atoms with Crippen LogP contribution >= 0.6 is 0 Å². The van der Waals surface area contributed by atoms with Crippen molar-refractivity contribution in [2.45, 2.75) is 0 Å². The Morgan fingerprint density at radius 3 is 1.13 bits per heavy atom. The summed E-state index contributed by atoms with van der Waals surface area (Å²) in [4.78, 5) is 4.68. The molecule has 0 N–H and O–H groups in total. The first-order chi connectivity index (χ1) is 30.3. The van der Waals surface area contributed by atoms with Crippen LogP contribution in [0, 0.1) is 0 Å². The van der Waals surface area contributed by atoms with Gasteiger partial charge in [0.1, 0.15) is 23.0 Å². The molecule has 10 aromatic rings. The lowest BCUT2D eigenvalue weighted by molar-refractivity contribution is 0.466. The van der Waals surface area contributed by atoms with Gasteiger partial charge in [0.25, 0.3) is 6.71 Å². The summed E-state index contributed by atoms with van der Waals surface area (Å²) in [6.45, 7) is -0.206. The van der Waals surface area contributed by atoms with Crippen LogP contribution in [-0.4, -0.2) is 6.71 Å². The summed E-state index contributed by atoms with van der Waals surface area (Å²) in [5, 5.41) is 4.54. The molecule has 0 aliphatic carbocycles. The van der Waals surface area contributed by atoms with E-state index in [1.165, 1.54) is 0 Å². The number of fused-ring (bicyclic) bond motifs is 8. The van der Waals surface area contributed by atoms with Crippen molar-refractivity contribution in [3.8, 4) is 34.1 Å². The summed E-state index contributed by atoms with van der Waals surface area (Å²) in [6.07, 6.45) is 0. The van der Waals surface area contributed by atoms with Gasteiger partial charge < -0.3 is 19.3 Å². The second-order valence-electron chi connectivity index (χ2n) is 15.6. The molecule has 2 heterocycles. The van der Waals surface area contributed by atoms with E-state index >= 15 is 0 Å². The number of anilines is 6. The van der Waals surface area contributed by atoms with E-state index in [9.17, 15) is 0 Å². The summed E-state index contributed by atoms with van der Waals surface area (Å²) in [5.74, 6) is 3.28. The smallest absolute Gasteiger partial charge is 0.262 e. The zero-order chi connectivity index (χ0) is 40.3. The van der Waals surface area contributed by atoms with Gasteiger partial charge in [-0.15, -0.1) is 0 Å². The Morgan fingerprint density at radius 1 is 0.311 bits per heavy atom. The fourth-order valence-electron chi connectivity index (χ4n) is 9.56. The molecule has 0 unspecified atom stereocenters. The van der Waals surface area contributed by atoms with Crippen molar-refractivity contribution in [2.75, 3.05) is 9.80 Å². The first-order valence-electron chi connectivity index (χ1n) is 20.8. The molecule has 0 saturated carbocycles. The first kappa shape index (κ1) is 35.0. The quantitative estimate of drug-likeness (QED) is 0.150. The Morgan fingerprint density at radius 2 is 0.689 bits per heavy atom. The number of rotatable bonds is 7. The molecule has 5 heteroatoms. The number of para-hydroxylation sites is 4. The van der Waals surface area contributed by atoms with Gasteiger partial charge in [0.15, 0.2) is 0 Å². The Bertz CT molecular complexity index is 3130. The van der Waals surface area contributed by atoms with Crippen molar-refractivity contribution in [2.24, 2.45) is 0 Å². The molecular weight excluding hydrogens is 743 g/mol. The number of hydrogen-bond donors (Lipinski definition) is 0. The molecule has 2 aliphatic rings. The lowest BCUT2D eigenvalue weighted by Crippen LogP contribution is -2.58. The molecule has 0 atom stereocenters. The summed E-state index contributed by atoms with van der Waals surface area (Å²) in [6, 6.07) is 79.4. The van der Waals surface area contributed by atoms with Gasteiger partial charge in [0.2, 0.25) is 0 Å². The maximum atomic E-state index is 7.37. The molecule has 0 radical (unpaired) electrons. The lowest BCUT2D eigenvalue weighted by Gasteiger charge is -2.37. The van der Waals surface area contributed by atoms with Crippen molar-refractivity contribution in [3.63, 3.8) is 0 Å². The summed E-state index contributed by atoms with van der Waals surface area (Å²) in [5.41, 5.74) is 11.8. The predicted molar refractivity (Wildman–Crippen MR) is 254 cm³/mol. The minimum atomic E-state index is -0.206. The molecule has 0 amide bonds. The zero-order valence-electron chi connectivity index (χ0n) is 33.2. The minimum Gasteiger partial charge on any atom is -0.458 e. The highest BCUT2D eigenvalue weighted by molar-refractivity contribution is 7.01. The van der Waals surface area contributed by atoms with Gasteiger partial charge in [-0.25, -0.2) is 0 Å². The van der Waals surface area contributed by atoms with Crippen molar-refractivity contribution >= 4 is 78.8 Å². The topological polar surface area (TPSA) is 24.9 Å². The molecular formula is C56H37BN2O2. The largest absolute Gasteiger partial charge is 0.458 e. The minimum absolute atomic E-state index is 0.206. The van der Waals surface area contributed by atoms with E-state index in [1.54, 1.807) is 0 Å². The molecule has 0 bridgehead atoms. The molecule has 286 valence electrons. The highest BCUT2D eigenvalue weighted by Gasteiger charge is 2.44. The lowest BCUT2D eigenvalue weighted by atomic mass is 9.33. The molecule has 0 saturated heterocycles. The van der Waals surface area contributed by atoms with Crippen LogP contribution in [0.2, 0.25) is 0 Å². The highest BCUT2D eigenvalue weighted by Crippen LogP contribution is 2.48. The van der Waals surface area contributed by atoms with E-state index in [2.05, 4.69) is 234 Å². The molecule has 0 spiro atoms. The molecule has 61 heavy (non-hydrogen) atoms. The Labute approximate surface area is 355 Å². The van der Waals surface area contributed by atoms with Gasteiger partial charge in [-0.3, -0.25) is 0 Å². The third-order valence-corrected chi connectivity index (χ3v) is 12.1. The Hall–Kier alpha value is -8.02. The van der Waals surface area contributed by atoms with Gasteiger partial charge in [0.05, 0.1) is 11.4 Å². The molecule has 12 rings (SSSR count). The van der Waals surface area contributed by atoms with Gasteiger partial charge >= 0.3 is 0 Å². The summed E-state index contributed by atoms with van der Waals surface area (Å²) in [7, 11) is 0. The second kappa shape index (κ2) is 14.4. The standard InChI is InChI=1S/C56H37BN2O2/c1-6-20-38(21-7-1)43-34-35-50-55-56(43)61-52-37-49(59(41-26-12-4-13-27-41)42-28-14-5-15-29-42)45-31-17-19-33-47(45)54(52)57(55)53-46-32-18-16-30-44(46)48(36-51(53)60-50)58(39-22-8-2-9-23-39)40-24-10-3-11-25-40/h1-37H. The molecule has 0 fully saturated rings. The fraction of sp³-hybridized carbons (Fsp3) is 0. The van der Waals surface area contributed by atoms with Crippen LogP contribution in [0.15, 0.2) is 224 Å². The van der Waals surface area contributed by atoms with Crippen LogP contribution in [0.25, 0.3) is 32.7 Å². The maximum Gasteiger partial charge on any atom is 0.262 e. The Balaban J connectivity index is 1.17. The average Bonchev–Trinajstić information content (AvgIpc) is 3.33. The van der Waals surface area contributed by atoms with Crippen molar-refractivity contribution in [1.29, 1.82) is 0 Å². The maximum absolute atomic E-state index is 7.37. The van der Waals surface area contributed by atoms with E-state index in [4.69, 9.17) is 9.47 Å². The third kappa shape index (κ3) is 5.70. The summed E-state index contributed by atoms with van der Waals surface area (Å²) >= 11 is 0. The number of ether oxygens (including phenoxy) is 2. The van der Waals surface area contributed by atoms with Gasteiger partial charge in [-0.2, -0.15) is 0 Å². The number of benzene rings is 10. The Kier molecular flexibility index (Phi) is 8.24. The fourth-order valence-corrected chi connectivity index (χ4v) is 9.56. The van der Waals surface area contributed by atoms with Gasteiger partial charge in [-0.1, -0.05) is 152 Å². The van der Waals surface area contributed by atoms with Crippen molar-refractivity contribution in [1.82, 2.24) is 0 Å². The molecule has 0 aromatic heterocycles. The van der Waals surface area contributed by atoms with Crippen molar-refractivity contribution in [3.05, 3.63) is 224 Å². The normalized spacial score (nSPS) is 12.2. The first-order valence-corrected chi connectivity index (χ1v) is 20.8. The van der Waals surface area contributed by atoms with Crippen LogP contribution in [-0.2, 0) is 0 Å². The zero-order valence-corrected chi connectivity index (χ0v) is 33.2. The summed E-state index contributed by atoms with van der Waals surface area (Å²) < 4.78 is 14.5. The van der Waals surface area contributed by atoms with Crippen LogP contribution < -0.4 is 35.7 Å². The SMILES string of the molecule is c1ccc(-c2ccc3c4c2Oc2cc(N(c5ccccc5)c5ccccc5)c5ccccc5c2B4c2c(cc(N(c4ccccc4)c4ccccc4)c4ccccc24)O3)cc1. The van der Waals surface area contributed by atoms with Gasteiger partial charge in [-0.05, 0) is 87.9 Å². The number of hydrogen-bond acceptors (Lipinski definition) is 4. The van der Waals surface area contributed by atoms with Crippen LogP contribution in [0.4, 0.5) is 34.1 Å². The van der Waals surface area contributed by atoms with Gasteiger partial charge in [0, 0.05) is 56.7 Å². The highest BCUT2D eigenvalue weighted by atomic mass is 16.5. The van der Waals surface area contributed by atoms with Crippen molar-refractivity contribution < 1.29 is 9.47 Å².